The Labute approximate surface area is 70.5 Å². The molecule has 0 atom stereocenters. The van der Waals surface area contributed by atoms with E-state index in [1.54, 1.807) is 0 Å². The molecule has 1 nitrogen and oxygen atoms in total. The lowest BCUT2D eigenvalue weighted by molar-refractivity contribution is -0.104. The maximum Gasteiger partial charge on any atom is 0.145 e. The number of hydrogen-bond acceptors (Lipinski definition) is 1. The van der Waals surface area contributed by atoms with Crippen molar-refractivity contribution in [2.24, 2.45) is 0 Å². The highest BCUT2D eigenvalue weighted by molar-refractivity contribution is 5.65. The fraction of sp³-hybridized carbons (Fsp3) is 0.100. The van der Waals surface area contributed by atoms with Gasteiger partial charge in [-0.2, -0.15) is 0 Å². The largest absolute Gasteiger partial charge is 0.298 e. The van der Waals surface area contributed by atoms with Gasteiger partial charge in [0.15, 0.2) is 0 Å². The molecule has 0 amide bonds. The molecule has 0 unspecified atom stereocenters. The maximum atomic E-state index is 12.7. The zero-order valence-electron chi connectivity index (χ0n) is 6.53. The van der Waals surface area contributed by atoms with Crippen molar-refractivity contribution < 1.29 is 9.18 Å². The van der Waals surface area contributed by atoms with E-state index in [1.807, 2.05) is 30.3 Å². The highest BCUT2D eigenvalue weighted by atomic mass is 19.1. The van der Waals surface area contributed by atoms with Gasteiger partial charge in [0, 0.05) is 12.5 Å². The summed E-state index contributed by atoms with van der Waals surface area (Å²) < 4.78 is 12.7. The minimum absolute atomic E-state index is 0.194. The summed E-state index contributed by atoms with van der Waals surface area (Å²) >= 11 is 0. The molecule has 1 rings (SSSR count). The third-order valence-corrected chi connectivity index (χ3v) is 1.46. The molecule has 1 aromatic rings. The summed E-state index contributed by atoms with van der Waals surface area (Å²) in [5.41, 5.74) is 0.869. The number of carbonyl (C=O) groups is 1. The Morgan fingerprint density at radius 3 is 2.58 bits per heavy atom. The topological polar surface area (TPSA) is 17.1 Å². The van der Waals surface area contributed by atoms with E-state index in [0.717, 1.165) is 11.6 Å². The van der Waals surface area contributed by atoms with E-state index in [4.69, 9.17) is 0 Å². The van der Waals surface area contributed by atoms with Crippen LogP contribution in [0, 0.1) is 0 Å². The molecule has 0 aromatic heterocycles. The van der Waals surface area contributed by atoms with Gasteiger partial charge in [0.05, 0.1) is 0 Å². The number of aldehydes is 1. The fourth-order valence-corrected chi connectivity index (χ4v) is 0.924. The predicted molar refractivity (Wildman–Crippen MR) is 45.4 cm³/mol. The molecule has 0 fully saturated rings. The predicted octanol–water partition coefficient (Wildman–Crippen LogP) is 2.28. The zero-order valence-corrected chi connectivity index (χ0v) is 6.53. The first-order valence-electron chi connectivity index (χ1n) is 3.66. The van der Waals surface area contributed by atoms with Gasteiger partial charge >= 0.3 is 0 Å². The highest BCUT2D eigenvalue weighted by Gasteiger charge is 1.95. The van der Waals surface area contributed by atoms with E-state index in [1.165, 1.54) is 0 Å². The van der Waals surface area contributed by atoms with Crippen molar-refractivity contribution >= 4 is 6.29 Å². The molecular weight excluding hydrogens is 155 g/mol. The number of allylic oxidation sites excluding steroid dienone is 2. The molecule has 0 N–H and O–H groups in total. The molecule has 0 spiro atoms. The van der Waals surface area contributed by atoms with Gasteiger partial charge in [-0.3, -0.25) is 4.79 Å². The van der Waals surface area contributed by atoms with E-state index in [0.29, 0.717) is 6.29 Å². The minimum atomic E-state index is -0.406. The molecular formula is C10H9FO. The van der Waals surface area contributed by atoms with E-state index < -0.39 is 5.83 Å². The average Bonchev–Trinajstić information content (AvgIpc) is 2.06. The summed E-state index contributed by atoms with van der Waals surface area (Å²) in [6.45, 7) is 0. The Morgan fingerprint density at radius 1 is 1.33 bits per heavy atom. The molecule has 0 saturated heterocycles. The molecule has 0 aliphatic rings. The van der Waals surface area contributed by atoms with Crippen LogP contribution in [0.15, 0.2) is 42.2 Å². The first kappa shape index (κ1) is 8.65. The number of halogens is 1. The van der Waals surface area contributed by atoms with E-state index in [9.17, 15) is 9.18 Å². The van der Waals surface area contributed by atoms with Crippen LogP contribution in [0.3, 0.4) is 0 Å². The summed E-state index contributed by atoms with van der Waals surface area (Å²) in [5.74, 6) is -0.406. The summed E-state index contributed by atoms with van der Waals surface area (Å²) in [6.07, 6.45) is 1.59. The minimum Gasteiger partial charge on any atom is -0.298 e. The zero-order chi connectivity index (χ0) is 8.81. The normalized spacial score (nSPS) is 11.2. The third kappa shape index (κ3) is 2.66. The first-order valence-corrected chi connectivity index (χ1v) is 3.66. The van der Waals surface area contributed by atoms with Crippen LogP contribution in [0.4, 0.5) is 4.39 Å². The van der Waals surface area contributed by atoms with Gasteiger partial charge < -0.3 is 0 Å². The third-order valence-electron chi connectivity index (χ3n) is 1.46. The lowest BCUT2D eigenvalue weighted by atomic mass is 10.1. The Morgan fingerprint density at radius 2 is 2.00 bits per heavy atom. The van der Waals surface area contributed by atoms with Crippen LogP contribution in [0.5, 0.6) is 0 Å². The molecule has 0 saturated carbocycles. The maximum absolute atomic E-state index is 12.7. The average molecular weight is 164 g/mol. The SMILES string of the molecule is O=C/C=C(\F)Cc1ccccc1. The van der Waals surface area contributed by atoms with E-state index in [-0.39, 0.29) is 6.42 Å². The van der Waals surface area contributed by atoms with Crippen LogP contribution in [-0.4, -0.2) is 6.29 Å². The Kier molecular flexibility index (Phi) is 3.20. The van der Waals surface area contributed by atoms with Crippen LogP contribution < -0.4 is 0 Å². The Balaban J connectivity index is 2.64. The second-order valence-corrected chi connectivity index (χ2v) is 2.41. The van der Waals surface area contributed by atoms with Gasteiger partial charge in [-0.25, -0.2) is 4.39 Å². The van der Waals surface area contributed by atoms with Crippen LogP contribution in [0.1, 0.15) is 5.56 Å². The van der Waals surface area contributed by atoms with Crippen LogP contribution in [-0.2, 0) is 11.2 Å². The molecule has 1 aromatic carbocycles. The Bertz CT molecular complexity index is 277. The van der Waals surface area contributed by atoms with Crippen molar-refractivity contribution in [2.45, 2.75) is 6.42 Å². The Hall–Kier alpha value is -1.44. The van der Waals surface area contributed by atoms with E-state index in [2.05, 4.69) is 0 Å². The summed E-state index contributed by atoms with van der Waals surface area (Å²) in [6, 6.07) is 9.17. The van der Waals surface area contributed by atoms with Crippen molar-refractivity contribution in [2.75, 3.05) is 0 Å². The van der Waals surface area contributed by atoms with Crippen molar-refractivity contribution in [3.8, 4) is 0 Å². The van der Waals surface area contributed by atoms with Crippen LogP contribution in [0.25, 0.3) is 0 Å². The second-order valence-electron chi connectivity index (χ2n) is 2.41. The lowest BCUT2D eigenvalue weighted by Crippen LogP contribution is -1.84. The van der Waals surface area contributed by atoms with Gasteiger partial charge in [0.25, 0.3) is 0 Å². The smallest absolute Gasteiger partial charge is 0.145 e. The molecule has 0 aliphatic heterocycles. The molecule has 0 radical (unpaired) electrons. The van der Waals surface area contributed by atoms with E-state index >= 15 is 0 Å². The van der Waals surface area contributed by atoms with Crippen molar-refractivity contribution in [3.63, 3.8) is 0 Å². The first-order chi connectivity index (χ1) is 5.83. The van der Waals surface area contributed by atoms with Gasteiger partial charge in [-0.1, -0.05) is 30.3 Å². The highest BCUT2D eigenvalue weighted by Crippen LogP contribution is 2.07. The standard InChI is InChI=1S/C10H9FO/c11-10(6-7-12)8-9-4-2-1-3-5-9/h1-7H,8H2/b10-6-. The number of rotatable bonds is 3. The van der Waals surface area contributed by atoms with Crippen molar-refractivity contribution in [1.82, 2.24) is 0 Å². The molecule has 2 heteroatoms. The molecule has 0 bridgehead atoms. The number of hydrogen-bond donors (Lipinski definition) is 0. The van der Waals surface area contributed by atoms with Crippen LogP contribution >= 0.6 is 0 Å². The fourth-order valence-electron chi connectivity index (χ4n) is 0.924. The summed E-state index contributed by atoms with van der Waals surface area (Å²) in [5, 5.41) is 0. The van der Waals surface area contributed by atoms with Crippen LogP contribution in [0.2, 0.25) is 0 Å². The van der Waals surface area contributed by atoms with Gasteiger partial charge in [-0.05, 0) is 5.56 Å². The molecule has 0 aliphatic carbocycles. The molecule has 12 heavy (non-hydrogen) atoms. The lowest BCUT2D eigenvalue weighted by Gasteiger charge is -1.95. The quantitative estimate of drug-likeness (QED) is 0.494. The summed E-state index contributed by atoms with van der Waals surface area (Å²) in [7, 11) is 0. The van der Waals surface area contributed by atoms with Crippen molar-refractivity contribution in [1.29, 1.82) is 0 Å². The summed E-state index contributed by atoms with van der Waals surface area (Å²) in [4.78, 5) is 9.89. The van der Waals surface area contributed by atoms with Crippen molar-refractivity contribution in [3.05, 3.63) is 47.8 Å². The second kappa shape index (κ2) is 4.44. The molecule has 0 heterocycles. The molecule has 62 valence electrons. The van der Waals surface area contributed by atoms with Gasteiger partial charge in [-0.15, -0.1) is 0 Å². The van der Waals surface area contributed by atoms with Gasteiger partial charge in [0.1, 0.15) is 12.1 Å². The monoisotopic (exact) mass is 164 g/mol. The number of carbonyl (C=O) groups excluding carboxylic acids is 1. The van der Waals surface area contributed by atoms with Gasteiger partial charge in [0.2, 0.25) is 0 Å². The number of benzene rings is 1.